The molecule has 1 rings (SSSR count). The van der Waals surface area contributed by atoms with Crippen LogP contribution in [0.3, 0.4) is 0 Å². The molecular weight excluding hydrogens is 548 g/mol. The van der Waals surface area contributed by atoms with Crippen LogP contribution in [0.25, 0.3) is 0 Å². The number of aliphatic carboxylic acids is 2. The predicted molar refractivity (Wildman–Crippen MR) is 155 cm³/mol. The lowest BCUT2D eigenvalue weighted by Crippen LogP contribution is -2.66. The lowest BCUT2D eigenvalue weighted by Gasteiger charge is -2.55. The lowest BCUT2D eigenvalue weighted by atomic mass is 9.57. The topological polar surface area (TPSA) is 169 Å². The van der Waals surface area contributed by atoms with Gasteiger partial charge in [-0.1, -0.05) is 44.2 Å². The first-order valence-corrected chi connectivity index (χ1v) is 14.8. The third-order valence-corrected chi connectivity index (χ3v) is 7.85. The number of carbonyl (C=O) groups is 3. The minimum absolute atomic E-state index is 0.0624. The highest BCUT2D eigenvalue weighted by atomic mass is 16.5. The van der Waals surface area contributed by atoms with Gasteiger partial charge < -0.3 is 39.4 Å². The summed E-state index contributed by atoms with van der Waals surface area (Å²) in [5.41, 5.74) is -4.12. The van der Waals surface area contributed by atoms with Gasteiger partial charge in [0.2, 0.25) is 0 Å². The Kier molecular flexibility index (Phi) is 17.5. The van der Waals surface area contributed by atoms with Crippen molar-refractivity contribution < 1.29 is 53.8 Å². The van der Waals surface area contributed by atoms with E-state index in [1.807, 2.05) is 30.3 Å². The molecule has 4 N–H and O–H groups in total. The molecule has 0 amide bonds. The number of benzene rings is 1. The van der Waals surface area contributed by atoms with Gasteiger partial charge in [-0.3, -0.25) is 14.4 Å². The Morgan fingerprint density at radius 2 is 1.24 bits per heavy atom. The monoisotopic (exact) mass is 598 g/mol. The van der Waals surface area contributed by atoms with Crippen molar-refractivity contribution >= 4 is 17.9 Å². The number of hydrogen-bond acceptors (Lipinski definition) is 9. The van der Waals surface area contributed by atoms with Gasteiger partial charge in [-0.15, -0.1) is 0 Å². The van der Waals surface area contributed by atoms with Gasteiger partial charge in [0.15, 0.2) is 0 Å². The Morgan fingerprint density at radius 3 is 1.74 bits per heavy atom. The van der Waals surface area contributed by atoms with Crippen LogP contribution in [-0.2, 0) is 39.9 Å². The molecule has 42 heavy (non-hydrogen) atoms. The summed E-state index contributed by atoms with van der Waals surface area (Å²) in [5.74, 6) is -2.82. The van der Waals surface area contributed by atoms with Crippen LogP contribution in [0.1, 0.15) is 84.1 Å². The summed E-state index contributed by atoms with van der Waals surface area (Å²) in [6.07, 6.45) is 0.0103. The minimum Gasteiger partial charge on any atom is -0.481 e. The van der Waals surface area contributed by atoms with Crippen LogP contribution < -0.4 is 0 Å². The molecule has 1 aromatic rings. The summed E-state index contributed by atoms with van der Waals surface area (Å²) in [6.45, 7) is 6.04. The van der Waals surface area contributed by atoms with Gasteiger partial charge in [-0.2, -0.15) is 0 Å². The summed E-state index contributed by atoms with van der Waals surface area (Å²) in [7, 11) is 0. The van der Waals surface area contributed by atoms with E-state index in [0.29, 0.717) is 26.1 Å². The maximum atomic E-state index is 12.1. The number of carbonyl (C=O) groups excluding carboxylic acids is 1. The van der Waals surface area contributed by atoms with Crippen LogP contribution in [0.15, 0.2) is 30.3 Å². The van der Waals surface area contributed by atoms with Crippen LogP contribution in [0.5, 0.6) is 0 Å². The molecule has 11 heteroatoms. The summed E-state index contributed by atoms with van der Waals surface area (Å²) in [5, 5.41) is 43.0. The van der Waals surface area contributed by atoms with Gasteiger partial charge >= 0.3 is 17.9 Å². The molecule has 11 nitrogen and oxygen atoms in total. The molecule has 0 spiro atoms. The number of rotatable bonds is 25. The van der Waals surface area contributed by atoms with Crippen LogP contribution in [0.4, 0.5) is 0 Å². The Morgan fingerprint density at radius 1 is 0.714 bits per heavy atom. The molecule has 0 aliphatic rings. The van der Waals surface area contributed by atoms with E-state index >= 15 is 0 Å². The Bertz CT molecular complexity index is 899. The standard InChI is InChI=1S/C31H50O11/c1-4-30(37,5-2)29(24-41-21-16-28(36)42-6-3,31(38,17-14-26(32)33)18-15-27(34)35)23-40-20-11-10-19-39-22-25-12-8-7-9-13-25/h7-9,12-13,37-38H,4-6,10-11,14-24H2,1-3H3,(H,32,33)(H,34,35). The van der Waals surface area contributed by atoms with Crippen molar-refractivity contribution in [2.75, 3.05) is 39.6 Å². The maximum Gasteiger partial charge on any atom is 0.308 e. The number of unbranched alkanes of at least 4 members (excludes halogenated alkanes) is 1. The van der Waals surface area contributed by atoms with Crippen molar-refractivity contribution in [1.82, 2.24) is 0 Å². The van der Waals surface area contributed by atoms with Crippen molar-refractivity contribution in [3.8, 4) is 0 Å². The van der Waals surface area contributed by atoms with E-state index < -0.39 is 47.4 Å². The molecule has 0 bridgehead atoms. The van der Waals surface area contributed by atoms with Gasteiger partial charge in [0.05, 0.1) is 56.1 Å². The van der Waals surface area contributed by atoms with Crippen LogP contribution in [-0.4, -0.2) is 89.2 Å². The fourth-order valence-corrected chi connectivity index (χ4v) is 5.22. The van der Waals surface area contributed by atoms with Crippen molar-refractivity contribution in [3.63, 3.8) is 0 Å². The zero-order valence-corrected chi connectivity index (χ0v) is 25.3. The fraction of sp³-hybridized carbons (Fsp3) is 0.710. The predicted octanol–water partition coefficient (Wildman–Crippen LogP) is 3.97. The fourth-order valence-electron chi connectivity index (χ4n) is 5.22. The molecule has 0 aliphatic heterocycles. The highest BCUT2D eigenvalue weighted by Gasteiger charge is 2.61. The number of esters is 1. The summed E-state index contributed by atoms with van der Waals surface area (Å²) >= 11 is 0. The van der Waals surface area contributed by atoms with Crippen molar-refractivity contribution in [1.29, 1.82) is 0 Å². The molecule has 0 aromatic heterocycles. The van der Waals surface area contributed by atoms with E-state index in [9.17, 15) is 34.8 Å². The number of aliphatic hydroxyl groups is 2. The molecule has 0 heterocycles. The Balaban J connectivity index is 3.13. The SMILES string of the molecule is CCOC(=O)CCOCC(COCCCCOCc1ccccc1)(C(O)(CC)CC)C(O)(CCC(=O)O)CCC(=O)O. The second-order valence-corrected chi connectivity index (χ2v) is 10.5. The number of ether oxygens (including phenoxy) is 4. The quantitative estimate of drug-likeness (QED) is 0.0949. The molecule has 0 aliphatic carbocycles. The number of carboxylic acid groups (broad SMARTS) is 2. The van der Waals surface area contributed by atoms with Crippen molar-refractivity contribution in [3.05, 3.63) is 35.9 Å². The van der Waals surface area contributed by atoms with Crippen molar-refractivity contribution in [2.45, 2.75) is 96.4 Å². The number of carboxylic acids is 2. The molecule has 240 valence electrons. The maximum absolute atomic E-state index is 12.1. The first kappa shape index (κ1) is 37.5. The average molecular weight is 599 g/mol. The van der Waals surface area contributed by atoms with E-state index in [-0.39, 0.29) is 65.1 Å². The second kappa shape index (κ2) is 19.6. The zero-order valence-electron chi connectivity index (χ0n) is 25.3. The lowest BCUT2D eigenvalue weighted by molar-refractivity contribution is -0.250. The normalized spacial score (nSPS) is 13.5. The third-order valence-electron chi connectivity index (χ3n) is 7.85. The highest BCUT2D eigenvalue weighted by molar-refractivity contribution is 5.69. The molecule has 0 fully saturated rings. The Hall–Kier alpha value is -2.57. The first-order valence-electron chi connectivity index (χ1n) is 14.8. The van der Waals surface area contributed by atoms with E-state index in [2.05, 4.69) is 0 Å². The zero-order chi connectivity index (χ0) is 31.5. The largest absolute Gasteiger partial charge is 0.481 e. The summed E-state index contributed by atoms with van der Waals surface area (Å²) in [4.78, 5) is 35.0. The van der Waals surface area contributed by atoms with Crippen LogP contribution >= 0.6 is 0 Å². The van der Waals surface area contributed by atoms with Crippen LogP contribution in [0.2, 0.25) is 0 Å². The van der Waals surface area contributed by atoms with Gasteiger partial charge in [0.1, 0.15) is 0 Å². The van der Waals surface area contributed by atoms with Gasteiger partial charge in [-0.25, -0.2) is 0 Å². The van der Waals surface area contributed by atoms with Gasteiger partial charge in [-0.05, 0) is 51.0 Å². The van der Waals surface area contributed by atoms with E-state index in [1.54, 1.807) is 20.8 Å². The Labute approximate surface area is 249 Å². The van der Waals surface area contributed by atoms with Crippen molar-refractivity contribution in [2.24, 2.45) is 5.41 Å². The molecule has 0 saturated carbocycles. The average Bonchev–Trinajstić information content (AvgIpc) is 2.97. The van der Waals surface area contributed by atoms with Crippen LogP contribution in [0, 0.1) is 5.41 Å². The van der Waals surface area contributed by atoms with E-state index in [0.717, 1.165) is 5.56 Å². The summed E-state index contributed by atoms with van der Waals surface area (Å²) in [6, 6.07) is 9.79. The molecule has 0 radical (unpaired) electrons. The molecular formula is C31H50O11. The van der Waals surface area contributed by atoms with Gasteiger partial charge in [0.25, 0.3) is 0 Å². The number of hydrogen-bond donors (Lipinski definition) is 4. The molecule has 0 saturated heterocycles. The van der Waals surface area contributed by atoms with E-state index in [4.69, 9.17) is 18.9 Å². The third kappa shape index (κ3) is 12.0. The smallest absolute Gasteiger partial charge is 0.308 e. The van der Waals surface area contributed by atoms with Gasteiger partial charge in [0, 0.05) is 26.1 Å². The second-order valence-electron chi connectivity index (χ2n) is 10.5. The first-order chi connectivity index (χ1) is 20.0. The molecule has 1 unspecified atom stereocenters. The van der Waals surface area contributed by atoms with E-state index in [1.165, 1.54) is 0 Å². The summed E-state index contributed by atoms with van der Waals surface area (Å²) < 4.78 is 22.6. The molecule has 1 aromatic carbocycles. The molecule has 1 atom stereocenters. The minimum atomic E-state index is -1.98. The highest BCUT2D eigenvalue weighted by Crippen LogP contribution is 2.50.